The number of nitrogens with one attached hydrogen (secondary N) is 1. The van der Waals surface area contributed by atoms with E-state index >= 15 is 0 Å². The second kappa shape index (κ2) is 11.3. The van der Waals surface area contributed by atoms with Crippen molar-refractivity contribution in [3.05, 3.63) is 81.0 Å². The molecule has 2 aromatic carbocycles. The van der Waals surface area contributed by atoms with E-state index in [1.165, 1.54) is 12.3 Å². The molecule has 0 saturated carbocycles. The normalized spacial score (nSPS) is 21.5. The fraction of sp³-hybridized carbons (Fsp3) is 0.360. The van der Waals surface area contributed by atoms with Crippen LogP contribution in [0.4, 0.5) is 0 Å². The van der Waals surface area contributed by atoms with Gasteiger partial charge >= 0.3 is 16.2 Å². The maximum Gasteiger partial charge on any atom is 0.337 e. The van der Waals surface area contributed by atoms with Gasteiger partial charge in [0.2, 0.25) is 0 Å². The van der Waals surface area contributed by atoms with Crippen molar-refractivity contribution >= 4 is 45.2 Å². The van der Waals surface area contributed by atoms with Gasteiger partial charge in [-0.05, 0) is 49.4 Å². The van der Waals surface area contributed by atoms with Gasteiger partial charge in [0.1, 0.15) is 6.10 Å². The first-order valence-electron chi connectivity index (χ1n) is 11.6. The molecule has 4 rings (SSSR count). The van der Waals surface area contributed by atoms with Gasteiger partial charge in [-0.25, -0.2) is 4.79 Å². The first-order valence-corrected chi connectivity index (χ1v) is 13.8. The lowest BCUT2D eigenvalue weighted by Crippen LogP contribution is -2.45. The monoisotopic (exact) mass is 552 g/mol. The molecule has 1 fully saturated rings. The molecule has 1 saturated heterocycles. The standard InChI is InChI=1S/C25H26Cl2N2O6S/c1-2-34-25(31)20-15-29(36(32,33)28-23(20)19-11-10-18(26)13-21(19)27)14-16-6-8-17(9-7-16)24(30)22-5-3-4-12-35-22/h6-11,13,15,22-23,28H,2-5,12,14H2,1H3. The van der Waals surface area contributed by atoms with Gasteiger partial charge in [0.15, 0.2) is 5.78 Å². The highest BCUT2D eigenvalue weighted by Gasteiger charge is 2.37. The van der Waals surface area contributed by atoms with Crippen LogP contribution in [0, 0.1) is 0 Å². The highest BCUT2D eigenvalue weighted by Crippen LogP contribution is 2.35. The minimum absolute atomic E-state index is 0.0618. The van der Waals surface area contributed by atoms with E-state index in [1.807, 2.05) is 0 Å². The van der Waals surface area contributed by atoms with Crippen LogP contribution in [0.2, 0.25) is 10.0 Å². The molecule has 2 atom stereocenters. The Morgan fingerprint density at radius 1 is 1.14 bits per heavy atom. The van der Waals surface area contributed by atoms with E-state index in [2.05, 4.69) is 4.72 Å². The summed E-state index contributed by atoms with van der Waals surface area (Å²) in [5, 5.41) is 0.587. The largest absolute Gasteiger partial charge is 0.463 e. The number of hydrogen-bond donors (Lipinski definition) is 1. The van der Waals surface area contributed by atoms with Gasteiger partial charge in [0, 0.05) is 28.4 Å². The Labute approximate surface area is 220 Å². The van der Waals surface area contributed by atoms with Crippen molar-refractivity contribution in [1.29, 1.82) is 0 Å². The molecular weight excluding hydrogens is 527 g/mol. The molecule has 0 radical (unpaired) electrons. The Hall–Kier alpha value is -2.43. The summed E-state index contributed by atoms with van der Waals surface area (Å²) in [4.78, 5) is 25.5. The zero-order chi connectivity index (χ0) is 25.9. The molecule has 8 nitrogen and oxygen atoms in total. The molecule has 0 spiro atoms. The first kappa shape index (κ1) is 26.6. The fourth-order valence-corrected chi connectivity index (χ4v) is 5.93. The molecule has 2 aliphatic heterocycles. The molecule has 2 aromatic rings. The molecule has 192 valence electrons. The molecule has 36 heavy (non-hydrogen) atoms. The van der Waals surface area contributed by atoms with Crippen molar-refractivity contribution in [2.24, 2.45) is 0 Å². The van der Waals surface area contributed by atoms with Gasteiger partial charge in [0.05, 0.1) is 24.8 Å². The first-order chi connectivity index (χ1) is 17.2. The van der Waals surface area contributed by atoms with Gasteiger partial charge in [-0.3, -0.25) is 9.10 Å². The van der Waals surface area contributed by atoms with Gasteiger partial charge < -0.3 is 9.47 Å². The summed E-state index contributed by atoms with van der Waals surface area (Å²) in [6.45, 7) is 2.29. The SMILES string of the molecule is CCOC(=O)C1=CN(Cc2ccc(C(=O)C3CCCCO3)cc2)S(=O)(=O)NC1c1ccc(Cl)cc1Cl. The van der Waals surface area contributed by atoms with E-state index in [0.29, 0.717) is 34.7 Å². The van der Waals surface area contributed by atoms with Crippen molar-refractivity contribution in [3.8, 4) is 0 Å². The Bertz CT molecular complexity index is 1270. The number of rotatable bonds is 7. The molecule has 0 bridgehead atoms. The predicted octanol–water partition coefficient (Wildman–Crippen LogP) is 4.58. The van der Waals surface area contributed by atoms with Crippen LogP contribution in [0.5, 0.6) is 0 Å². The van der Waals surface area contributed by atoms with Crippen LogP contribution in [-0.4, -0.2) is 43.8 Å². The number of ether oxygens (including phenoxy) is 2. The number of esters is 1. The van der Waals surface area contributed by atoms with E-state index < -0.39 is 28.3 Å². The average molecular weight is 553 g/mol. The van der Waals surface area contributed by atoms with Gasteiger partial charge in [0.25, 0.3) is 0 Å². The molecule has 0 aromatic heterocycles. The summed E-state index contributed by atoms with van der Waals surface area (Å²) in [5.74, 6) is -0.755. The number of carbonyl (C=O) groups excluding carboxylic acids is 2. The summed E-state index contributed by atoms with van der Waals surface area (Å²) >= 11 is 12.3. The number of halogens is 2. The van der Waals surface area contributed by atoms with Crippen molar-refractivity contribution < 1.29 is 27.5 Å². The second-order valence-electron chi connectivity index (χ2n) is 8.49. The van der Waals surface area contributed by atoms with Crippen LogP contribution in [0.15, 0.2) is 54.2 Å². The predicted molar refractivity (Wildman–Crippen MR) is 136 cm³/mol. The Kier molecular flexibility index (Phi) is 8.37. The average Bonchev–Trinajstić information content (AvgIpc) is 2.85. The topological polar surface area (TPSA) is 102 Å². The maximum atomic E-state index is 13.1. The summed E-state index contributed by atoms with van der Waals surface area (Å²) in [5.41, 5.74) is 1.59. The minimum Gasteiger partial charge on any atom is -0.463 e. The zero-order valence-corrected chi connectivity index (χ0v) is 21.9. The number of hydrogen-bond acceptors (Lipinski definition) is 6. The van der Waals surface area contributed by atoms with Crippen molar-refractivity contribution in [1.82, 2.24) is 9.03 Å². The van der Waals surface area contributed by atoms with Gasteiger partial charge in [-0.15, -0.1) is 0 Å². The minimum atomic E-state index is -4.05. The van der Waals surface area contributed by atoms with Crippen molar-refractivity contribution in [2.45, 2.75) is 44.9 Å². The van der Waals surface area contributed by atoms with Gasteiger partial charge in [-0.2, -0.15) is 13.1 Å². The lowest BCUT2D eigenvalue weighted by Gasteiger charge is -2.32. The van der Waals surface area contributed by atoms with Crippen LogP contribution < -0.4 is 4.72 Å². The second-order valence-corrected chi connectivity index (χ2v) is 11.0. The highest BCUT2D eigenvalue weighted by atomic mass is 35.5. The van der Waals surface area contributed by atoms with E-state index in [4.69, 9.17) is 32.7 Å². The highest BCUT2D eigenvalue weighted by molar-refractivity contribution is 7.87. The summed E-state index contributed by atoms with van der Waals surface area (Å²) in [6.07, 6.45) is 3.41. The Morgan fingerprint density at radius 2 is 1.89 bits per heavy atom. The summed E-state index contributed by atoms with van der Waals surface area (Å²) in [7, 11) is -4.05. The smallest absolute Gasteiger partial charge is 0.337 e. The Morgan fingerprint density at radius 3 is 2.53 bits per heavy atom. The Balaban J connectivity index is 1.60. The van der Waals surface area contributed by atoms with Gasteiger partial charge in [-0.1, -0.05) is 53.5 Å². The number of nitrogens with zero attached hydrogens (tertiary/aromatic N) is 1. The summed E-state index contributed by atoms with van der Waals surface area (Å²) < 4.78 is 40.6. The third-order valence-corrected chi connectivity index (χ3v) is 7.95. The van der Waals surface area contributed by atoms with Crippen LogP contribution in [0.1, 0.15) is 53.7 Å². The number of ketones is 1. The van der Waals surface area contributed by atoms with E-state index in [1.54, 1.807) is 43.3 Å². The van der Waals surface area contributed by atoms with Crippen LogP contribution in [0.25, 0.3) is 0 Å². The van der Waals surface area contributed by atoms with Crippen LogP contribution >= 0.6 is 23.2 Å². The van der Waals surface area contributed by atoms with E-state index in [0.717, 1.165) is 17.1 Å². The molecular formula is C25H26Cl2N2O6S. The lowest BCUT2D eigenvalue weighted by molar-refractivity contribution is -0.139. The molecule has 0 amide bonds. The molecule has 2 heterocycles. The molecule has 1 N–H and O–H groups in total. The quantitative estimate of drug-likeness (QED) is 0.398. The fourth-order valence-electron chi connectivity index (χ4n) is 4.15. The molecule has 2 unspecified atom stereocenters. The van der Waals surface area contributed by atoms with E-state index in [-0.39, 0.29) is 29.5 Å². The lowest BCUT2D eigenvalue weighted by atomic mass is 9.99. The van der Waals surface area contributed by atoms with E-state index in [9.17, 15) is 18.0 Å². The van der Waals surface area contributed by atoms with Crippen LogP contribution in [-0.2, 0) is 31.0 Å². The molecule has 11 heteroatoms. The van der Waals surface area contributed by atoms with Crippen LogP contribution in [0.3, 0.4) is 0 Å². The van der Waals surface area contributed by atoms with Crippen molar-refractivity contribution in [3.63, 3.8) is 0 Å². The summed E-state index contributed by atoms with van der Waals surface area (Å²) in [6, 6.07) is 10.2. The van der Waals surface area contributed by atoms with Crippen molar-refractivity contribution in [2.75, 3.05) is 13.2 Å². The molecule has 2 aliphatic rings. The third-order valence-electron chi connectivity index (χ3n) is 6.00. The maximum absolute atomic E-state index is 13.1. The zero-order valence-electron chi connectivity index (χ0n) is 19.6. The third kappa shape index (κ3) is 5.92. The number of Topliss-reactive ketones (excluding diaryl/α,β-unsaturated/α-hetero) is 1. The number of benzene rings is 2. The number of carbonyl (C=O) groups is 2. The molecule has 0 aliphatic carbocycles.